The monoisotopic (exact) mass is 279 g/mol. The Labute approximate surface area is 106 Å². The smallest absolute Gasteiger partial charge is 0.0547 e. The van der Waals surface area contributed by atoms with Gasteiger partial charge in [0.05, 0.1) is 6.04 Å². The van der Waals surface area contributed by atoms with Crippen LogP contribution in [0.5, 0.6) is 0 Å². The lowest BCUT2D eigenvalue weighted by Crippen LogP contribution is -2.22. The zero-order valence-electron chi connectivity index (χ0n) is 9.67. The Hall–Kier alpha value is -0.600. The molecular formula is C14H18BrN. The molecule has 0 heterocycles. The average molecular weight is 280 g/mol. The zero-order chi connectivity index (χ0) is 11.4. The molecule has 16 heavy (non-hydrogen) atoms. The molecule has 1 unspecified atom stereocenters. The molecule has 86 valence electrons. The van der Waals surface area contributed by atoms with Crippen LogP contribution < -0.4 is 5.32 Å². The van der Waals surface area contributed by atoms with Crippen LogP contribution in [0.15, 0.2) is 40.4 Å². The maximum atomic E-state index is 3.65. The van der Waals surface area contributed by atoms with E-state index >= 15 is 0 Å². The van der Waals surface area contributed by atoms with Crippen LogP contribution in [0.1, 0.15) is 37.8 Å². The molecule has 0 radical (unpaired) electrons. The highest BCUT2D eigenvalue weighted by molar-refractivity contribution is 9.10. The fourth-order valence-corrected chi connectivity index (χ4v) is 2.83. The van der Waals surface area contributed by atoms with Gasteiger partial charge in [-0.3, -0.25) is 0 Å². The van der Waals surface area contributed by atoms with Gasteiger partial charge in [0.2, 0.25) is 0 Å². The number of hydrogen-bond acceptors (Lipinski definition) is 1. The molecule has 1 nitrogen and oxygen atoms in total. The van der Waals surface area contributed by atoms with Gasteiger partial charge >= 0.3 is 0 Å². The Bertz CT molecular complexity index is 384. The van der Waals surface area contributed by atoms with Crippen molar-refractivity contribution in [3.05, 3.63) is 46.0 Å². The molecule has 0 bridgehead atoms. The molecule has 2 heteroatoms. The van der Waals surface area contributed by atoms with Crippen molar-refractivity contribution in [1.29, 1.82) is 0 Å². The van der Waals surface area contributed by atoms with Gasteiger partial charge in [-0.1, -0.05) is 52.7 Å². The molecule has 0 aromatic heterocycles. The SMILES string of the molecule is CCNC(C1=CCCC1)c1ccccc1Br. The van der Waals surface area contributed by atoms with E-state index in [-0.39, 0.29) is 0 Å². The number of rotatable bonds is 4. The number of likely N-dealkylation sites (N-methyl/N-ethyl adjacent to an activating group) is 1. The minimum Gasteiger partial charge on any atom is -0.307 e. The van der Waals surface area contributed by atoms with Gasteiger partial charge in [0.1, 0.15) is 0 Å². The third-order valence-electron chi connectivity index (χ3n) is 3.07. The van der Waals surface area contributed by atoms with Gasteiger partial charge in [0, 0.05) is 4.47 Å². The second kappa shape index (κ2) is 5.65. The molecule has 0 spiro atoms. The third kappa shape index (κ3) is 2.55. The summed E-state index contributed by atoms with van der Waals surface area (Å²) in [5.74, 6) is 0. The molecule has 2 rings (SSSR count). The average Bonchev–Trinajstić information content (AvgIpc) is 2.80. The van der Waals surface area contributed by atoms with Crippen LogP contribution in [0.2, 0.25) is 0 Å². The number of allylic oxidation sites excluding steroid dienone is 1. The fraction of sp³-hybridized carbons (Fsp3) is 0.429. The van der Waals surface area contributed by atoms with E-state index in [4.69, 9.17) is 0 Å². The second-order valence-electron chi connectivity index (χ2n) is 4.18. The summed E-state index contributed by atoms with van der Waals surface area (Å²) in [5.41, 5.74) is 2.91. The molecule has 1 aliphatic carbocycles. The van der Waals surface area contributed by atoms with E-state index in [9.17, 15) is 0 Å². The normalized spacial score (nSPS) is 17.2. The summed E-state index contributed by atoms with van der Waals surface area (Å²) in [7, 11) is 0. The minimum absolute atomic E-state index is 0.392. The Morgan fingerprint density at radius 2 is 2.19 bits per heavy atom. The molecule has 0 aliphatic heterocycles. The number of benzene rings is 1. The fourth-order valence-electron chi connectivity index (χ4n) is 2.31. The molecule has 1 aromatic rings. The summed E-state index contributed by atoms with van der Waals surface area (Å²) in [5, 5.41) is 3.58. The quantitative estimate of drug-likeness (QED) is 0.815. The van der Waals surface area contributed by atoms with E-state index in [1.54, 1.807) is 5.57 Å². The van der Waals surface area contributed by atoms with Crippen LogP contribution in [-0.4, -0.2) is 6.54 Å². The highest BCUT2D eigenvalue weighted by atomic mass is 79.9. The van der Waals surface area contributed by atoms with Crippen molar-refractivity contribution in [3.8, 4) is 0 Å². The van der Waals surface area contributed by atoms with Crippen molar-refractivity contribution in [2.24, 2.45) is 0 Å². The number of hydrogen-bond donors (Lipinski definition) is 1. The predicted molar refractivity (Wildman–Crippen MR) is 72.5 cm³/mol. The van der Waals surface area contributed by atoms with Crippen LogP contribution in [0, 0.1) is 0 Å². The molecule has 0 fully saturated rings. The van der Waals surface area contributed by atoms with Crippen molar-refractivity contribution in [3.63, 3.8) is 0 Å². The lowest BCUT2D eigenvalue weighted by Gasteiger charge is -2.21. The number of nitrogens with one attached hydrogen (secondary N) is 1. The lowest BCUT2D eigenvalue weighted by atomic mass is 9.98. The first-order valence-corrected chi connectivity index (χ1v) is 6.79. The van der Waals surface area contributed by atoms with Crippen molar-refractivity contribution in [2.45, 2.75) is 32.2 Å². The van der Waals surface area contributed by atoms with Gasteiger partial charge in [-0.15, -0.1) is 0 Å². The van der Waals surface area contributed by atoms with Crippen LogP contribution >= 0.6 is 15.9 Å². The zero-order valence-corrected chi connectivity index (χ0v) is 11.3. The van der Waals surface area contributed by atoms with Gasteiger partial charge < -0.3 is 5.32 Å². The van der Waals surface area contributed by atoms with Crippen molar-refractivity contribution < 1.29 is 0 Å². The standard InChI is InChI=1S/C14H18BrN/c1-2-16-14(11-7-3-4-8-11)12-9-5-6-10-13(12)15/h5-7,9-10,14,16H,2-4,8H2,1H3. The Kier molecular flexibility index (Phi) is 4.19. The highest BCUT2D eigenvalue weighted by Gasteiger charge is 2.19. The Morgan fingerprint density at radius 1 is 1.38 bits per heavy atom. The lowest BCUT2D eigenvalue weighted by molar-refractivity contribution is 0.603. The van der Waals surface area contributed by atoms with Gasteiger partial charge in [-0.2, -0.15) is 0 Å². The van der Waals surface area contributed by atoms with Gasteiger partial charge in [0.25, 0.3) is 0 Å². The summed E-state index contributed by atoms with van der Waals surface area (Å²) in [4.78, 5) is 0. The molecule has 0 saturated heterocycles. The van der Waals surface area contributed by atoms with Gasteiger partial charge in [0.15, 0.2) is 0 Å². The van der Waals surface area contributed by atoms with Crippen LogP contribution in [0.4, 0.5) is 0 Å². The molecule has 1 aromatic carbocycles. The molecule has 1 atom stereocenters. The largest absolute Gasteiger partial charge is 0.307 e. The molecule has 1 aliphatic rings. The molecule has 0 saturated carbocycles. The van der Waals surface area contributed by atoms with E-state index in [0.29, 0.717) is 6.04 Å². The molecule has 0 amide bonds. The first-order valence-electron chi connectivity index (χ1n) is 5.99. The van der Waals surface area contributed by atoms with Crippen LogP contribution in [0.25, 0.3) is 0 Å². The third-order valence-corrected chi connectivity index (χ3v) is 3.79. The maximum Gasteiger partial charge on any atom is 0.0547 e. The van der Waals surface area contributed by atoms with E-state index in [2.05, 4.69) is 58.5 Å². The Morgan fingerprint density at radius 3 is 2.81 bits per heavy atom. The minimum atomic E-state index is 0.392. The van der Waals surface area contributed by atoms with Crippen molar-refractivity contribution in [2.75, 3.05) is 6.54 Å². The summed E-state index contributed by atoms with van der Waals surface area (Å²) >= 11 is 3.65. The topological polar surface area (TPSA) is 12.0 Å². The summed E-state index contributed by atoms with van der Waals surface area (Å²) in [6, 6.07) is 8.90. The Balaban J connectivity index is 2.28. The summed E-state index contributed by atoms with van der Waals surface area (Å²) in [6.07, 6.45) is 6.18. The van der Waals surface area contributed by atoms with Crippen LogP contribution in [-0.2, 0) is 0 Å². The van der Waals surface area contributed by atoms with E-state index in [1.165, 1.54) is 29.3 Å². The van der Waals surface area contributed by atoms with Crippen LogP contribution in [0.3, 0.4) is 0 Å². The molecular weight excluding hydrogens is 262 g/mol. The second-order valence-corrected chi connectivity index (χ2v) is 5.04. The van der Waals surface area contributed by atoms with Gasteiger partial charge in [-0.25, -0.2) is 0 Å². The van der Waals surface area contributed by atoms with E-state index in [1.807, 2.05) is 0 Å². The van der Waals surface area contributed by atoms with Crippen molar-refractivity contribution >= 4 is 15.9 Å². The summed E-state index contributed by atoms with van der Waals surface area (Å²) in [6.45, 7) is 3.17. The predicted octanol–water partition coefficient (Wildman–Crippen LogP) is 4.21. The van der Waals surface area contributed by atoms with Crippen molar-refractivity contribution in [1.82, 2.24) is 5.32 Å². The molecule has 1 N–H and O–H groups in total. The maximum absolute atomic E-state index is 3.65. The first kappa shape index (κ1) is 11.9. The first-order chi connectivity index (χ1) is 7.83. The van der Waals surface area contributed by atoms with Gasteiger partial charge in [-0.05, 0) is 37.4 Å². The van der Waals surface area contributed by atoms with E-state index in [0.717, 1.165) is 6.54 Å². The summed E-state index contributed by atoms with van der Waals surface area (Å²) < 4.78 is 1.20. The highest BCUT2D eigenvalue weighted by Crippen LogP contribution is 2.33. The number of halogens is 1. The van der Waals surface area contributed by atoms with E-state index < -0.39 is 0 Å².